The average Bonchev–Trinajstić information content (AvgIpc) is 3.23. The number of carbonyl (C=O) groups is 1. The van der Waals surface area contributed by atoms with E-state index in [0.717, 1.165) is 48.5 Å². The second kappa shape index (κ2) is 8.23. The van der Waals surface area contributed by atoms with Gasteiger partial charge in [-0.1, -0.05) is 23.7 Å². The Morgan fingerprint density at radius 2 is 1.93 bits per heavy atom. The van der Waals surface area contributed by atoms with Crippen LogP contribution < -0.4 is 4.74 Å². The summed E-state index contributed by atoms with van der Waals surface area (Å²) < 4.78 is 8.08. The summed E-state index contributed by atoms with van der Waals surface area (Å²) in [7, 11) is 1.86. The first-order valence-corrected chi connectivity index (χ1v) is 10.1. The number of carbonyl (C=O) groups excluding carboxylic acids is 1. The molecule has 1 aliphatic heterocycles. The van der Waals surface area contributed by atoms with Crippen molar-refractivity contribution >= 4 is 28.5 Å². The third-order valence-corrected chi connectivity index (χ3v) is 5.50. The van der Waals surface area contributed by atoms with E-state index in [1.807, 2.05) is 49.5 Å². The lowest BCUT2D eigenvalue weighted by molar-refractivity contribution is -0.126. The molecule has 2 aromatic carbocycles. The quantitative estimate of drug-likeness (QED) is 0.551. The van der Waals surface area contributed by atoms with Crippen molar-refractivity contribution < 1.29 is 9.53 Å². The molecular weight excluding hydrogens is 374 g/mol. The van der Waals surface area contributed by atoms with Gasteiger partial charge in [0, 0.05) is 37.5 Å². The van der Waals surface area contributed by atoms with E-state index in [9.17, 15) is 4.79 Å². The first-order valence-electron chi connectivity index (χ1n) is 9.69. The molecule has 2 heterocycles. The highest BCUT2D eigenvalue weighted by Gasteiger charge is 2.31. The summed E-state index contributed by atoms with van der Waals surface area (Å²) in [6, 6.07) is 15.6. The lowest BCUT2D eigenvalue weighted by Gasteiger charge is -2.14. The molecule has 0 spiro atoms. The number of hydrogen-bond acceptors (Lipinski definition) is 3. The van der Waals surface area contributed by atoms with E-state index in [0.29, 0.717) is 18.1 Å². The molecule has 1 saturated heterocycles. The number of rotatable bonds is 7. The summed E-state index contributed by atoms with van der Waals surface area (Å²) in [4.78, 5) is 18.7. The van der Waals surface area contributed by atoms with Gasteiger partial charge in [0.2, 0.25) is 5.91 Å². The van der Waals surface area contributed by atoms with Gasteiger partial charge in [-0.15, -0.1) is 0 Å². The van der Waals surface area contributed by atoms with E-state index in [1.54, 1.807) is 4.90 Å². The van der Waals surface area contributed by atoms with Crippen molar-refractivity contribution in [3.63, 3.8) is 0 Å². The lowest BCUT2D eigenvalue weighted by atomic mass is 10.1. The van der Waals surface area contributed by atoms with Crippen LogP contribution in [0.15, 0.2) is 48.5 Å². The van der Waals surface area contributed by atoms with Crippen LogP contribution in [0.1, 0.15) is 31.0 Å². The Labute approximate surface area is 169 Å². The van der Waals surface area contributed by atoms with Crippen LogP contribution in [0.5, 0.6) is 5.75 Å². The summed E-state index contributed by atoms with van der Waals surface area (Å²) in [6.07, 6.45) is 2.47. The Balaban J connectivity index is 1.41. The zero-order chi connectivity index (χ0) is 19.5. The molecule has 0 aliphatic carbocycles. The van der Waals surface area contributed by atoms with Gasteiger partial charge in [-0.3, -0.25) is 4.79 Å². The van der Waals surface area contributed by atoms with Crippen molar-refractivity contribution in [1.29, 1.82) is 0 Å². The van der Waals surface area contributed by atoms with E-state index in [4.69, 9.17) is 21.3 Å². The second-order valence-corrected chi connectivity index (χ2v) is 7.73. The molecule has 28 heavy (non-hydrogen) atoms. The van der Waals surface area contributed by atoms with Gasteiger partial charge in [0.15, 0.2) is 0 Å². The molecule has 146 valence electrons. The van der Waals surface area contributed by atoms with E-state index >= 15 is 0 Å². The highest BCUT2D eigenvalue weighted by Crippen LogP contribution is 2.30. The minimum absolute atomic E-state index is 0.162. The molecule has 0 saturated carbocycles. The minimum Gasteiger partial charge on any atom is -0.494 e. The number of likely N-dealkylation sites (tertiary alicyclic amines) is 1. The number of fused-ring (bicyclic) bond motifs is 1. The number of likely N-dealkylation sites (N-methyl/N-ethyl adjacent to an activating group) is 1. The topological polar surface area (TPSA) is 47.4 Å². The molecule has 0 radical (unpaired) electrons. The number of aromatic nitrogens is 2. The molecule has 0 N–H and O–H groups in total. The maximum Gasteiger partial charge on any atom is 0.223 e. The Kier molecular flexibility index (Phi) is 5.53. The van der Waals surface area contributed by atoms with Crippen molar-refractivity contribution in [3.05, 3.63) is 59.4 Å². The Hall–Kier alpha value is -2.53. The van der Waals surface area contributed by atoms with Gasteiger partial charge in [-0.05, 0) is 49.2 Å². The number of halogens is 1. The number of benzene rings is 2. The fraction of sp³-hybridized carbons (Fsp3) is 0.364. The molecule has 1 amide bonds. The van der Waals surface area contributed by atoms with Crippen molar-refractivity contribution in [3.8, 4) is 5.75 Å². The van der Waals surface area contributed by atoms with E-state index in [-0.39, 0.29) is 11.8 Å². The van der Waals surface area contributed by atoms with Crippen LogP contribution in [-0.4, -0.2) is 40.6 Å². The van der Waals surface area contributed by atoms with E-state index in [1.165, 1.54) is 0 Å². The number of amides is 1. The molecule has 1 fully saturated rings. The zero-order valence-corrected chi connectivity index (χ0v) is 16.7. The molecule has 4 rings (SSSR count). The molecule has 1 atom stereocenters. The number of aryl methyl sites for hydroxylation is 1. The highest BCUT2D eigenvalue weighted by molar-refractivity contribution is 6.30. The SMILES string of the molecule is CN1CC(c2nc3ccccc3n2CCCCOc2ccc(Cl)cc2)CC1=O. The van der Waals surface area contributed by atoms with Crippen LogP contribution in [0.2, 0.25) is 5.02 Å². The van der Waals surface area contributed by atoms with Crippen LogP contribution in [0.25, 0.3) is 11.0 Å². The van der Waals surface area contributed by atoms with Gasteiger partial charge in [0.05, 0.1) is 17.6 Å². The highest BCUT2D eigenvalue weighted by atomic mass is 35.5. The number of para-hydroxylation sites is 2. The standard InChI is InChI=1S/C22H24ClN3O2/c1-25-15-16(14-21(25)27)22-24-19-6-2-3-7-20(19)26(22)12-4-5-13-28-18-10-8-17(23)9-11-18/h2-3,6-11,16H,4-5,12-15H2,1H3. The maximum absolute atomic E-state index is 12.0. The van der Waals surface area contributed by atoms with Gasteiger partial charge >= 0.3 is 0 Å². The van der Waals surface area contributed by atoms with Gasteiger partial charge < -0.3 is 14.2 Å². The van der Waals surface area contributed by atoms with Crippen molar-refractivity contribution in [2.45, 2.75) is 31.7 Å². The van der Waals surface area contributed by atoms with Crippen LogP contribution >= 0.6 is 11.6 Å². The molecular formula is C22H24ClN3O2. The third kappa shape index (κ3) is 3.99. The predicted octanol–water partition coefficient (Wildman–Crippen LogP) is 4.49. The van der Waals surface area contributed by atoms with Gasteiger partial charge in [0.1, 0.15) is 11.6 Å². The Morgan fingerprint density at radius 1 is 1.14 bits per heavy atom. The molecule has 1 aliphatic rings. The van der Waals surface area contributed by atoms with Gasteiger partial charge in [0.25, 0.3) is 0 Å². The number of nitrogens with zero attached hydrogens (tertiary/aromatic N) is 3. The second-order valence-electron chi connectivity index (χ2n) is 7.30. The minimum atomic E-state index is 0.162. The molecule has 1 aromatic heterocycles. The number of hydrogen-bond donors (Lipinski definition) is 0. The molecule has 0 bridgehead atoms. The predicted molar refractivity (Wildman–Crippen MR) is 111 cm³/mol. The summed E-state index contributed by atoms with van der Waals surface area (Å²) in [6.45, 7) is 2.27. The molecule has 3 aromatic rings. The molecule has 6 heteroatoms. The van der Waals surface area contributed by atoms with Crippen LogP contribution in [0, 0.1) is 0 Å². The summed E-state index contributed by atoms with van der Waals surface area (Å²) in [5.41, 5.74) is 2.13. The Bertz CT molecular complexity index is 968. The summed E-state index contributed by atoms with van der Waals surface area (Å²) in [5, 5.41) is 0.711. The Morgan fingerprint density at radius 3 is 2.68 bits per heavy atom. The van der Waals surface area contributed by atoms with Crippen LogP contribution in [-0.2, 0) is 11.3 Å². The molecule has 1 unspecified atom stereocenters. The zero-order valence-electron chi connectivity index (χ0n) is 16.0. The van der Waals surface area contributed by atoms with E-state index < -0.39 is 0 Å². The maximum atomic E-state index is 12.0. The van der Waals surface area contributed by atoms with Crippen LogP contribution in [0.3, 0.4) is 0 Å². The number of ether oxygens (including phenoxy) is 1. The fourth-order valence-electron chi connectivity index (χ4n) is 3.77. The van der Waals surface area contributed by atoms with Crippen molar-refractivity contribution in [2.24, 2.45) is 0 Å². The largest absolute Gasteiger partial charge is 0.494 e. The van der Waals surface area contributed by atoms with E-state index in [2.05, 4.69) is 10.6 Å². The average molecular weight is 398 g/mol. The van der Waals surface area contributed by atoms with Crippen molar-refractivity contribution in [1.82, 2.24) is 14.5 Å². The number of unbranched alkanes of at least 4 members (excludes halogenated alkanes) is 1. The third-order valence-electron chi connectivity index (χ3n) is 5.25. The fourth-order valence-corrected chi connectivity index (χ4v) is 3.90. The number of imidazole rings is 1. The smallest absolute Gasteiger partial charge is 0.223 e. The summed E-state index contributed by atoms with van der Waals surface area (Å²) >= 11 is 5.90. The summed E-state index contributed by atoms with van der Waals surface area (Å²) in [5.74, 6) is 2.22. The lowest BCUT2D eigenvalue weighted by Crippen LogP contribution is -2.19. The van der Waals surface area contributed by atoms with Crippen LogP contribution in [0.4, 0.5) is 0 Å². The van der Waals surface area contributed by atoms with Gasteiger partial charge in [-0.2, -0.15) is 0 Å². The normalized spacial score (nSPS) is 16.9. The van der Waals surface area contributed by atoms with Crippen molar-refractivity contribution in [2.75, 3.05) is 20.2 Å². The molecule has 5 nitrogen and oxygen atoms in total. The van der Waals surface area contributed by atoms with Gasteiger partial charge in [-0.25, -0.2) is 4.98 Å². The first kappa shape index (κ1) is 18.8. The monoisotopic (exact) mass is 397 g/mol. The first-order chi connectivity index (χ1) is 13.6.